The maximum absolute atomic E-state index is 13.2. The van der Waals surface area contributed by atoms with Gasteiger partial charge < -0.3 is 54.3 Å². The van der Waals surface area contributed by atoms with Crippen molar-refractivity contribution in [3.05, 3.63) is 0 Å². The number of carbonyl (C=O) groups excluding carboxylic acids is 2. The van der Waals surface area contributed by atoms with Crippen molar-refractivity contribution < 1.29 is 63.9 Å². The van der Waals surface area contributed by atoms with E-state index in [0.717, 1.165) is 44.9 Å². The second-order valence-electron chi connectivity index (χ2n) is 17.9. The van der Waals surface area contributed by atoms with Crippen molar-refractivity contribution in [1.29, 1.82) is 0 Å². The molecule has 2 aliphatic rings. The molecule has 2 rings (SSSR count). The molecule has 13 nitrogen and oxygen atoms in total. The Morgan fingerprint density at radius 3 is 1.25 bits per heavy atom. The van der Waals surface area contributed by atoms with Gasteiger partial charge in [0, 0.05) is 12.8 Å². The summed E-state index contributed by atoms with van der Waals surface area (Å²) in [6.07, 6.45) is 22.6. The van der Waals surface area contributed by atoms with Crippen molar-refractivity contribution in [2.75, 3.05) is 19.8 Å². The fourth-order valence-corrected chi connectivity index (χ4v) is 8.49. The number of hydrogen-bond acceptors (Lipinski definition) is 13. The molecule has 9 atom stereocenters. The summed E-state index contributed by atoms with van der Waals surface area (Å²) in [6.45, 7) is 2.34. The molecular weight excluding hydrogens is 785 g/mol. The number of ether oxygens (including phenoxy) is 5. The topological polar surface area (TPSA) is 202 Å². The van der Waals surface area contributed by atoms with E-state index in [0.29, 0.717) is 12.8 Å². The molecule has 0 aromatic rings. The molecule has 0 spiro atoms. The SMILES string of the molecule is CCCCCCCCCCCCCCCCCC(=O)OC[C@@]1(O[C@H]2O[C@H](CO)[C@@H](O)[C@H](O)[C@H]2O)O[C@H](CO)[C@@H](O)[C@@H]1OC(=O)CCCCCCCCCCCCCCCCC. The van der Waals surface area contributed by atoms with Gasteiger partial charge in [0.15, 0.2) is 12.4 Å². The van der Waals surface area contributed by atoms with Crippen molar-refractivity contribution in [3.63, 3.8) is 0 Å². The third-order valence-corrected chi connectivity index (χ3v) is 12.5. The molecule has 6 N–H and O–H groups in total. The lowest BCUT2D eigenvalue weighted by Gasteiger charge is -2.43. The molecule has 2 aliphatic heterocycles. The van der Waals surface area contributed by atoms with E-state index in [4.69, 9.17) is 23.7 Å². The summed E-state index contributed by atoms with van der Waals surface area (Å²) in [5.74, 6) is -3.51. The van der Waals surface area contributed by atoms with Gasteiger partial charge in [-0.25, -0.2) is 0 Å². The van der Waals surface area contributed by atoms with Gasteiger partial charge in [-0.1, -0.05) is 194 Å². The number of esters is 2. The number of carbonyl (C=O) groups is 2. The Kier molecular flexibility index (Phi) is 31.9. The Morgan fingerprint density at radius 2 is 0.852 bits per heavy atom. The van der Waals surface area contributed by atoms with E-state index in [2.05, 4.69) is 13.8 Å². The number of hydrogen-bond donors (Lipinski definition) is 6. The zero-order valence-electron chi connectivity index (χ0n) is 38.4. The highest BCUT2D eigenvalue weighted by atomic mass is 16.8. The lowest BCUT2D eigenvalue weighted by atomic mass is 9.99. The smallest absolute Gasteiger partial charge is 0.306 e. The Bertz CT molecular complexity index is 1080. The largest absolute Gasteiger partial charge is 0.460 e. The van der Waals surface area contributed by atoms with E-state index >= 15 is 0 Å². The van der Waals surface area contributed by atoms with Crippen LogP contribution in [0.2, 0.25) is 0 Å². The summed E-state index contributed by atoms with van der Waals surface area (Å²) in [7, 11) is 0. The first-order chi connectivity index (χ1) is 29.6. The highest BCUT2D eigenvalue weighted by molar-refractivity contribution is 5.70. The van der Waals surface area contributed by atoms with Gasteiger partial charge in [-0.3, -0.25) is 9.59 Å². The van der Waals surface area contributed by atoms with Gasteiger partial charge in [-0.2, -0.15) is 0 Å². The summed E-state index contributed by atoms with van der Waals surface area (Å²) >= 11 is 0. The maximum atomic E-state index is 13.2. The Balaban J connectivity index is 1.85. The van der Waals surface area contributed by atoms with Gasteiger partial charge in [0.05, 0.1) is 13.2 Å². The Labute approximate surface area is 369 Å². The normalized spacial score (nSPS) is 26.5. The molecule has 61 heavy (non-hydrogen) atoms. The molecule has 13 heteroatoms. The molecule has 0 unspecified atom stereocenters. The molecule has 2 heterocycles. The van der Waals surface area contributed by atoms with Gasteiger partial charge in [0.25, 0.3) is 0 Å². The van der Waals surface area contributed by atoms with Crippen LogP contribution in [0.3, 0.4) is 0 Å². The second kappa shape index (κ2) is 34.9. The average molecular weight is 875 g/mol. The summed E-state index contributed by atoms with van der Waals surface area (Å²) in [5.41, 5.74) is 0. The monoisotopic (exact) mass is 875 g/mol. The minimum atomic E-state index is -2.27. The Morgan fingerprint density at radius 1 is 0.475 bits per heavy atom. The van der Waals surface area contributed by atoms with E-state index in [1.54, 1.807) is 0 Å². The van der Waals surface area contributed by atoms with Crippen molar-refractivity contribution in [2.24, 2.45) is 0 Å². The predicted molar refractivity (Wildman–Crippen MR) is 235 cm³/mol. The van der Waals surface area contributed by atoms with E-state index in [1.165, 1.54) is 135 Å². The number of rotatable bonds is 39. The van der Waals surface area contributed by atoms with Crippen LogP contribution in [-0.2, 0) is 33.3 Å². The van der Waals surface area contributed by atoms with Gasteiger partial charge >= 0.3 is 11.9 Å². The first-order valence-electron chi connectivity index (χ1n) is 24.9. The quantitative estimate of drug-likeness (QED) is 0.0255. The second-order valence-corrected chi connectivity index (χ2v) is 17.9. The fraction of sp³-hybridized carbons (Fsp3) is 0.958. The number of aliphatic hydroxyl groups is 6. The van der Waals surface area contributed by atoms with E-state index in [1.807, 2.05) is 0 Å². The van der Waals surface area contributed by atoms with Gasteiger partial charge in [-0.15, -0.1) is 0 Å². The first-order valence-corrected chi connectivity index (χ1v) is 24.9. The van der Waals surface area contributed by atoms with Gasteiger partial charge in [-0.05, 0) is 12.8 Å². The molecule has 0 radical (unpaired) electrons. The summed E-state index contributed by atoms with van der Waals surface area (Å²) in [4.78, 5) is 26.2. The van der Waals surface area contributed by atoms with Crippen molar-refractivity contribution >= 4 is 11.9 Å². The highest BCUT2D eigenvalue weighted by Crippen LogP contribution is 2.39. The van der Waals surface area contributed by atoms with Gasteiger partial charge in [0.2, 0.25) is 5.79 Å². The van der Waals surface area contributed by atoms with E-state index in [-0.39, 0.29) is 12.8 Å². The first kappa shape index (κ1) is 55.7. The number of unbranched alkanes of at least 4 members (excludes halogenated alkanes) is 28. The molecule has 360 valence electrons. The van der Waals surface area contributed by atoms with Crippen LogP contribution >= 0.6 is 0 Å². The van der Waals surface area contributed by atoms with Crippen LogP contribution in [0.15, 0.2) is 0 Å². The van der Waals surface area contributed by atoms with Crippen molar-refractivity contribution in [2.45, 2.75) is 274 Å². The fourth-order valence-electron chi connectivity index (χ4n) is 8.49. The molecular formula is C48H90O13. The molecule has 0 aromatic carbocycles. The van der Waals surface area contributed by atoms with Crippen molar-refractivity contribution in [1.82, 2.24) is 0 Å². The minimum absolute atomic E-state index is 0.0420. The minimum Gasteiger partial charge on any atom is -0.460 e. The van der Waals surface area contributed by atoms with Crippen LogP contribution in [0.4, 0.5) is 0 Å². The summed E-state index contributed by atoms with van der Waals surface area (Å²) < 4.78 is 28.9. The zero-order chi connectivity index (χ0) is 44.6. The molecule has 2 fully saturated rings. The maximum Gasteiger partial charge on any atom is 0.306 e. The number of aliphatic hydroxyl groups excluding tert-OH is 6. The molecule has 0 aliphatic carbocycles. The third-order valence-electron chi connectivity index (χ3n) is 12.5. The average Bonchev–Trinajstić information content (AvgIpc) is 3.51. The molecule has 0 saturated carbocycles. The zero-order valence-corrected chi connectivity index (χ0v) is 38.4. The summed E-state index contributed by atoms with van der Waals surface area (Å²) in [5, 5.41) is 62.7. The van der Waals surface area contributed by atoms with Crippen LogP contribution in [-0.4, -0.2) is 117 Å². The van der Waals surface area contributed by atoms with Crippen LogP contribution in [0.1, 0.15) is 219 Å². The van der Waals surface area contributed by atoms with Crippen LogP contribution in [0.25, 0.3) is 0 Å². The van der Waals surface area contributed by atoms with Crippen LogP contribution < -0.4 is 0 Å². The molecule has 0 aromatic heterocycles. The third kappa shape index (κ3) is 22.9. The lowest BCUT2D eigenvalue weighted by Crippen LogP contribution is -2.63. The standard InChI is InChI=1S/C48H90O13/c1-3-5-7-9-11-13-15-17-19-21-23-25-27-29-31-33-40(51)57-37-48(61-47-45(56)44(55)42(53)38(35-49)58-47)46(43(54)39(36-50)60-48)59-41(52)34-32-30-28-26-24-22-20-18-16-14-12-10-8-6-4-2/h38-39,42-47,49-50,53-56H,3-37H2,1-2H3/t38-,39-,42-,43-,44+,45-,46+,47-,48+/m1/s1. The van der Waals surface area contributed by atoms with Crippen LogP contribution in [0.5, 0.6) is 0 Å². The molecule has 2 saturated heterocycles. The molecule has 0 bridgehead atoms. The van der Waals surface area contributed by atoms with Crippen molar-refractivity contribution in [3.8, 4) is 0 Å². The van der Waals surface area contributed by atoms with E-state index in [9.17, 15) is 40.2 Å². The van der Waals surface area contributed by atoms with Gasteiger partial charge in [0.1, 0.15) is 43.2 Å². The van der Waals surface area contributed by atoms with E-state index < -0.39 is 86.6 Å². The van der Waals surface area contributed by atoms with Crippen LogP contribution in [0, 0.1) is 0 Å². The summed E-state index contributed by atoms with van der Waals surface area (Å²) in [6, 6.07) is 0. The highest BCUT2D eigenvalue weighted by Gasteiger charge is 2.61. The molecule has 0 amide bonds. The lowest BCUT2D eigenvalue weighted by molar-refractivity contribution is -0.384. The predicted octanol–water partition coefficient (Wildman–Crippen LogP) is 8.23. The Hall–Kier alpha value is -1.42.